The van der Waals surface area contributed by atoms with Gasteiger partial charge in [0.2, 0.25) is 0 Å². The molecule has 5 heteroatoms. The van der Waals surface area contributed by atoms with E-state index in [0.29, 0.717) is 23.2 Å². The van der Waals surface area contributed by atoms with Gasteiger partial charge in [-0.05, 0) is 44.0 Å². The summed E-state index contributed by atoms with van der Waals surface area (Å²) in [6.45, 7) is 1.68. The van der Waals surface area contributed by atoms with Crippen LogP contribution in [0.25, 0.3) is 0 Å². The number of rotatable bonds is 4. The van der Waals surface area contributed by atoms with E-state index < -0.39 is 0 Å². The summed E-state index contributed by atoms with van der Waals surface area (Å²) in [7, 11) is 0. The molecule has 0 radical (unpaired) electrons. The molecule has 4 nitrogen and oxygen atoms in total. The quantitative estimate of drug-likeness (QED) is 0.794. The van der Waals surface area contributed by atoms with Crippen LogP contribution < -0.4 is 10.6 Å². The Morgan fingerprint density at radius 3 is 3.05 bits per heavy atom. The first-order valence-electron chi connectivity index (χ1n) is 6.67. The molecule has 0 aromatic heterocycles. The van der Waals surface area contributed by atoms with Crippen LogP contribution in [0.4, 0.5) is 0 Å². The summed E-state index contributed by atoms with van der Waals surface area (Å²) < 4.78 is 0. The van der Waals surface area contributed by atoms with Gasteiger partial charge < -0.3 is 15.7 Å². The van der Waals surface area contributed by atoms with Crippen molar-refractivity contribution in [3.05, 3.63) is 28.8 Å². The molecule has 1 unspecified atom stereocenters. The number of amides is 1. The van der Waals surface area contributed by atoms with Crippen molar-refractivity contribution in [3.63, 3.8) is 0 Å². The fraction of sp³-hybridized carbons (Fsp3) is 0.500. The fourth-order valence-corrected chi connectivity index (χ4v) is 2.52. The van der Waals surface area contributed by atoms with Crippen LogP contribution in [0, 0.1) is 0 Å². The minimum Gasteiger partial charge on any atom is -0.508 e. The maximum atomic E-state index is 11.9. The maximum absolute atomic E-state index is 11.9. The second-order valence-corrected chi connectivity index (χ2v) is 5.26. The molecule has 1 fully saturated rings. The van der Waals surface area contributed by atoms with E-state index in [1.807, 2.05) is 0 Å². The molecule has 1 aliphatic rings. The Hall–Kier alpha value is -1.26. The van der Waals surface area contributed by atoms with Gasteiger partial charge in [0.25, 0.3) is 5.91 Å². The molecule has 1 saturated heterocycles. The lowest BCUT2D eigenvalue weighted by molar-refractivity contribution is 0.0951. The van der Waals surface area contributed by atoms with Crippen LogP contribution in [0.15, 0.2) is 18.2 Å². The third-order valence-corrected chi connectivity index (χ3v) is 3.71. The average Bonchev–Trinajstić information content (AvgIpc) is 2.42. The van der Waals surface area contributed by atoms with Gasteiger partial charge in [-0.15, -0.1) is 0 Å². The van der Waals surface area contributed by atoms with Gasteiger partial charge in [0.15, 0.2) is 0 Å². The van der Waals surface area contributed by atoms with Crippen molar-refractivity contribution < 1.29 is 9.90 Å². The SMILES string of the molecule is O=C(NCCC1CCCCN1)c1cc(O)ccc1Cl. The molecule has 1 aliphatic heterocycles. The number of aromatic hydroxyl groups is 1. The Bertz CT molecular complexity index is 445. The van der Waals surface area contributed by atoms with Gasteiger partial charge in [-0.25, -0.2) is 0 Å². The predicted octanol–water partition coefficient (Wildman–Crippen LogP) is 2.31. The first kappa shape index (κ1) is 14.2. The largest absolute Gasteiger partial charge is 0.508 e. The molecule has 0 bridgehead atoms. The van der Waals surface area contributed by atoms with Crippen LogP contribution in [0.3, 0.4) is 0 Å². The van der Waals surface area contributed by atoms with E-state index in [2.05, 4.69) is 10.6 Å². The number of carbonyl (C=O) groups is 1. The maximum Gasteiger partial charge on any atom is 0.252 e. The van der Waals surface area contributed by atoms with Crippen molar-refractivity contribution in [2.45, 2.75) is 31.7 Å². The molecular formula is C14H19ClN2O2. The van der Waals surface area contributed by atoms with E-state index in [4.69, 9.17) is 11.6 Å². The Labute approximate surface area is 118 Å². The normalized spacial score (nSPS) is 19.1. The second-order valence-electron chi connectivity index (χ2n) is 4.86. The van der Waals surface area contributed by atoms with Gasteiger partial charge in [0.1, 0.15) is 5.75 Å². The summed E-state index contributed by atoms with van der Waals surface area (Å²) in [5.41, 5.74) is 0.318. The molecule has 1 aromatic rings. The molecule has 0 aliphatic carbocycles. The first-order valence-corrected chi connectivity index (χ1v) is 7.04. The van der Waals surface area contributed by atoms with E-state index in [9.17, 15) is 9.90 Å². The molecule has 1 amide bonds. The van der Waals surface area contributed by atoms with Gasteiger partial charge in [-0.3, -0.25) is 4.79 Å². The summed E-state index contributed by atoms with van der Waals surface area (Å²) in [5.74, 6) is -0.194. The predicted molar refractivity (Wildman–Crippen MR) is 75.7 cm³/mol. The van der Waals surface area contributed by atoms with Gasteiger partial charge in [-0.1, -0.05) is 18.0 Å². The minimum atomic E-state index is -0.239. The number of phenols is 1. The molecule has 2 rings (SSSR count). The Morgan fingerprint density at radius 2 is 2.32 bits per heavy atom. The molecular weight excluding hydrogens is 264 g/mol. The average molecular weight is 283 g/mol. The van der Waals surface area contributed by atoms with Crippen LogP contribution in [-0.4, -0.2) is 30.1 Å². The summed E-state index contributed by atoms with van der Waals surface area (Å²) in [6.07, 6.45) is 4.58. The van der Waals surface area contributed by atoms with Gasteiger partial charge in [0.05, 0.1) is 10.6 Å². The van der Waals surface area contributed by atoms with Crippen LogP contribution in [0.1, 0.15) is 36.0 Å². The smallest absolute Gasteiger partial charge is 0.252 e. The van der Waals surface area contributed by atoms with Crippen molar-refractivity contribution in [2.24, 2.45) is 0 Å². The van der Waals surface area contributed by atoms with E-state index in [1.54, 1.807) is 0 Å². The third-order valence-electron chi connectivity index (χ3n) is 3.39. The zero-order valence-corrected chi connectivity index (χ0v) is 11.5. The number of benzene rings is 1. The van der Waals surface area contributed by atoms with Crippen molar-refractivity contribution in [1.82, 2.24) is 10.6 Å². The number of carbonyl (C=O) groups excluding carboxylic acids is 1. The number of hydrogen-bond donors (Lipinski definition) is 3. The van der Waals surface area contributed by atoms with Crippen molar-refractivity contribution >= 4 is 17.5 Å². The Morgan fingerprint density at radius 1 is 1.47 bits per heavy atom. The number of nitrogens with one attached hydrogen (secondary N) is 2. The van der Waals surface area contributed by atoms with Crippen molar-refractivity contribution in [3.8, 4) is 5.75 Å². The summed E-state index contributed by atoms with van der Waals surface area (Å²) in [5, 5.41) is 16.0. The lowest BCUT2D eigenvalue weighted by atomic mass is 10.0. The molecule has 0 spiro atoms. The lowest BCUT2D eigenvalue weighted by Gasteiger charge is -2.23. The van der Waals surface area contributed by atoms with Crippen LogP contribution in [0.2, 0.25) is 5.02 Å². The van der Waals surface area contributed by atoms with Crippen molar-refractivity contribution in [2.75, 3.05) is 13.1 Å². The third kappa shape index (κ3) is 4.11. The molecule has 1 atom stereocenters. The van der Waals surface area contributed by atoms with Crippen LogP contribution in [0.5, 0.6) is 5.75 Å². The molecule has 0 saturated carbocycles. The molecule has 19 heavy (non-hydrogen) atoms. The molecule has 104 valence electrons. The van der Waals surface area contributed by atoms with Crippen LogP contribution in [-0.2, 0) is 0 Å². The van der Waals surface area contributed by atoms with E-state index >= 15 is 0 Å². The zero-order valence-electron chi connectivity index (χ0n) is 10.8. The highest BCUT2D eigenvalue weighted by Crippen LogP contribution is 2.21. The first-order chi connectivity index (χ1) is 9.16. The highest BCUT2D eigenvalue weighted by molar-refractivity contribution is 6.33. The zero-order chi connectivity index (χ0) is 13.7. The summed E-state index contributed by atoms with van der Waals surface area (Å²) >= 11 is 5.93. The molecule has 1 heterocycles. The monoisotopic (exact) mass is 282 g/mol. The molecule has 3 N–H and O–H groups in total. The highest BCUT2D eigenvalue weighted by atomic mass is 35.5. The van der Waals surface area contributed by atoms with Gasteiger partial charge in [-0.2, -0.15) is 0 Å². The number of hydrogen-bond acceptors (Lipinski definition) is 3. The van der Waals surface area contributed by atoms with E-state index in [-0.39, 0.29) is 11.7 Å². The van der Waals surface area contributed by atoms with E-state index in [1.165, 1.54) is 37.5 Å². The van der Waals surface area contributed by atoms with Gasteiger partial charge >= 0.3 is 0 Å². The number of phenolic OH excluding ortho intramolecular Hbond substituents is 1. The van der Waals surface area contributed by atoms with Crippen LogP contribution >= 0.6 is 11.6 Å². The van der Waals surface area contributed by atoms with Gasteiger partial charge in [0, 0.05) is 12.6 Å². The Kier molecular flexibility index (Phi) is 5.05. The topological polar surface area (TPSA) is 61.4 Å². The summed E-state index contributed by atoms with van der Waals surface area (Å²) in [6, 6.07) is 4.87. The van der Waals surface area contributed by atoms with E-state index in [0.717, 1.165) is 13.0 Å². The summed E-state index contributed by atoms with van der Waals surface area (Å²) in [4.78, 5) is 11.9. The minimum absolute atomic E-state index is 0.0449. The number of piperidine rings is 1. The molecule has 1 aromatic carbocycles. The standard InChI is InChI=1S/C14H19ClN2O2/c15-13-5-4-11(18)9-12(13)14(19)17-8-6-10-3-1-2-7-16-10/h4-5,9-10,16,18H,1-3,6-8H2,(H,17,19). The van der Waals surface area contributed by atoms with Crippen molar-refractivity contribution in [1.29, 1.82) is 0 Å². The highest BCUT2D eigenvalue weighted by Gasteiger charge is 2.14. The number of halogens is 1. The lowest BCUT2D eigenvalue weighted by Crippen LogP contribution is -2.37. The fourth-order valence-electron chi connectivity index (χ4n) is 2.31. The second kappa shape index (κ2) is 6.78. The Balaban J connectivity index is 1.82.